The molecule has 0 spiro atoms. The van der Waals surface area contributed by atoms with Crippen LogP contribution in [0.2, 0.25) is 0 Å². The van der Waals surface area contributed by atoms with Crippen molar-refractivity contribution in [2.75, 3.05) is 6.61 Å². The number of carbonyl (C=O) groups is 1. The molecule has 3 aromatic rings. The van der Waals surface area contributed by atoms with Crippen LogP contribution in [0.5, 0.6) is 0 Å². The lowest BCUT2D eigenvalue weighted by Crippen LogP contribution is -2.18. The van der Waals surface area contributed by atoms with E-state index in [1.165, 1.54) is 18.2 Å². The number of nitrogens with zero attached hydrogens (tertiary/aromatic N) is 4. The molecular weight excluding hydrogens is 294 g/mol. The van der Waals surface area contributed by atoms with Crippen molar-refractivity contribution < 1.29 is 14.5 Å². The SMILES string of the molecule is CCOC(=O)c1n[nH]n2c(=O)nc3ccc([N+](=O)[O-])cc3c12. The van der Waals surface area contributed by atoms with Crippen molar-refractivity contribution in [1.29, 1.82) is 0 Å². The van der Waals surface area contributed by atoms with Gasteiger partial charge in [0.2, 0.25) is 0 Å². The van der Waals surface area contributed by atoms with E-state index in [9.17, 15) is 19.7 Å². The number of nitro benzene ring substituents is 1. The van der Waals surface area contributed by atoms with E-state index in [2.05, 4.69) is 15.3 Å². The molecule has 1 N–H and O–H groups in total. The fourth-order valence-electron chi connectivity index (χ4n) is 2.11. The number of fused-ring (bicyclic) bond motifs is 3. The van der Waals surface area contributed by atoms with Crippen LogP contribution in [0.1, 0.15) is 17.4 Å². The second kappa shape index (κ2) is 4.91. The number of carbonyl (C=O) groups excluding carboxylic acids is 1. The number of aromatic amines is 1. The molecule has 0 aliphatic heterocycles. The van der Waals surface area contributed by atoms with E-state index in [0.29, 0.717) is 0 Å². The molecule has 0 amide bonds. The zero-order chi connectivity index (χ0) is 15.9. The Balaban J connectivity index is 2.42. The number of nitro groups is 1. The summed E-state index contributed by atoms with van der Waals surface area (Å²) in [6, 6.07) is 3.81. The minimum Gasteiger partial charge on any atom is -0.461 e. The summed E-state index contributed by atoms with van der Waals surface area (Å²) in [4.78, 5) is 37.9. The van der Waals surface area contributed by atoms with Crippen LogP contribution in [0.15, 0.2) is 23.0 Å². The highest BCUT2D eigenvalue weighted by molar-refractivity contribution is 6.05. The third kappa shape index (κ3) is 1.97. The minimum absolute atomic E-state index is 0.0946. The molecule has 0 radical (unpaired) electrons. The van der Waals surface area contributed by atoms with Gasteiger partial charge in [-0.05, 0) is 13.0 Å². The minimum atomic E-state index is -0.736. The molecule has 1 aromatic carbocycles. The fourth-order valence-corrected chi connectivity index (χ4v) is 2.11. The standard InChI is InChI=1S/C12H9N5O5/c1-2-22-11(18)9-10-7-5-6(17(20)21)3-4-8(7)13-12(19)16(10)15-14-9/h3-5,15H,2H2,1H3. The maximum absolute atomic E-state index is 11.9. The highest BCUT2D eigenvalue weighted by Gasteiger charge is 2.21. The lowest BCUT2D eigenvalue weighted by atomic mass is 10.1. The summed E-state index contributed by atoms with van der Waals surface area (Å²) in [6.45, 7) is 1.76. The lowest BCUT2D eigenvalue weighted by Gasteiger charge is -2.01. The van der Waals surface area contributed by atoms with E-state index < -0.39 is 16.6 Å². The molecule has 0 fully saturated rings. The summed E-state index contributed by atoms with van der Waals surface area (Å²) in [5.74, 6) is -0.736. The summed E-state index contributed by atoms with van der Waals surface area (Å²) in [7, 11) is 0. The predicted octanol–water partition coefficient (Wildman–Crippen LogP) is 0.656. The van der Waals surface area contributed by atoms with Crippen LogP contribution in [-0.2, 0) is 4.74 Å². The second-order valence-corrected chi connectivity index (χ2v) is 4.32. The summed E-state index contributed by atoms with van der Waals surface area (Å²) in [5, 5.41) is 17.3. The number of benzene rings is 1. The Kier molecular flexibility index (Phi) is 3.05. The van der Waals surface area contributed by atoms with Gasteiger partial charge in [0, 0.05) is 17.5 Å². The van der Waals surface area contributed by atoms with Crippen LogP contribution in [0.3, 0.4) is 0 Å². The van der Waals surface area contributed by atoms with Gasteiger partial charge in [0.25, 0.3) is 5.69 Å². The Hall–Kier alpha value is -3.30. The quantitative estimate of drug-likeness (QED) is 0.426. The summed E-state index contributed by atoms with van der Waals surface area (Å²) in [5.41, 5.74) is -0.684. The summed E-state index contributed by atoms with van der Waals surface area (Å²) < 4.78 is 5.81. The van der Waals surface area contributed by atoms with Crippen molar-refractivity contribution >= 4 is 28.1 Å². The third-order valence-electron chi connectivity index (χ3n) is 3.03. The average Bonchev–Trinajstić information content (AvgIpc) is 2.93. The van der Waals surface area contributed by atoms with Gasteiger partial charge in [0.1, 0.15) is 5.52 Å². The van der Waals surface area contributed by atoms with Gasteiger partial charge in [-0.25, -0.2) is 14.8 Å². The monoisotopic (exact) mass is 303 g/mol. The first-order valence-electron chi connectivity index (χ1n) is 6.25. The van der Waals surface area contributed by atoms with E-state index in [1.54, 1.807) is 6.92 Å². The van der Waals surface area contributed by atoms with E-state index in [1.807, 2.05) is 0 Å². The van der Waals surface area contributed by atoms with Crippen LogP contribution < -0.4 is 5.69 Å². The van der Waals surface area contributed by atoms with Gasteiger partial charge in [-0.15, -0.1) is 5.10 Å². The Bertz CT molecular complexity index is 973. The number of aromatic nitrogens is 4. The largest absolute Gasteiger partial charge is 0.461 e. The van der Waals surface area contributed by atoms with Crippen molar-refractivity contribution in [2.45, 2.75) is 6.92 Å². The number of non-ortho nitro benzene ring substituents is 1. The van der Waals surface area contributed by atoms with Crippen LogP contribution in [0, 0.1) is 10.1 Å². The number of ether oxygens (including phenoxy) is 1. The topological polar surface area (TPSA) is 132 Å². The molecule has 22 heavy (non-hydrogen) atoms. The second-order valence-electron chi connectivity index (χ2n) is 4.32. The molecule has 2 heterocycles. The first-order valence-corrected chi connectivity index (χ1v) is 6.25. The summed E-state index contributed by atoms with van der Waals surface area (Å²) >= 11 is 0. The molecule has 10 heteroatoms. The normalized spacial score (nSPS) is 11.0. The highest BCUT2D eigenvalue weighted by Crippen LogP contribution is 2.24. The van der Waals surface area contributed by atoms with Gasteiger partial charge >= 0.3 is 11.7 Å². The molecule has 0 saturated heterocycles. The molecule has 2 aromatic heterocycles. The van der Waals surface area contributed by atoms with E-state index in [4.69, 9.17) is 4.74 Å². The zero-order valence-electron chi connectivity index (χ0n) is 11.3. The van der Waals surface area contributed by atoms with Crippen molar-refractivity contribution in [3.05, 3.63) is 44.5 Å². The van der Waals surface area contributed by atoms with Crippen molar-refractivity contribution in [3.8, 4) is 0 Å². The average molecular weight is 303 g/mol. The predicted molar refractivity (Wildman–Crippen MR) is 73.7 cm³/mol. The van der Waals surface area contributed by atoms with Gasteiger partial charge in [0.05, 0.1) is 17.0 Å². The molecule has 0 bridgehead atoms. The van der Waals surface area contributed by atoms with Crippen LogP contribution in [0.25, 0.3) is 16.4 Å². The maximum atomic E-state index is 11.9. The molecule has 0 aliphatic rings. The maximum Gasteiger partial charge on any atom is 0.368 e. The molecule has 0 saturated carbocycles. The molecular formula is C12H9N5O5. The molecule has 10 nitrogen and oxygen atoms in total. The Morgan fingerprint density at radius 3 is 2.95 bits per heavy atom. The van der Waals surface area contributed by atoms with Gasteiger partial charge in [-0.1, -0.05) is 0 Å². The first kappa shape index (κ1) is 13.7. The number of hydrogen-bond donors (Lipinski definition) is 1. The van der Waals surface area contributed by atoms with E-state index in [-0.39, 0.29) is 34.4 Å². The first-order chi connectivity index (χ1) is 10.5. The molecule has 112 valence electrons. The number of esters is 1. The molecule has 0 aliphatic carbocycles. The Labute approximate surface area is 121 Å². The number of rotatable bonds is 3. The molecule has 0 unspecified atom stereocenters. The fraction of sp³-hybridized carbons (Fsp3) is 0.167. The number of hydrogen-bond acceptors (Lipinski definition) is 7. The van der Waals surface area contributed by atoms with E-state index >= 15 is 0 Å². The van der Waals surface area contributed by atoms with Crippen LogP contribution in [0.4, 0.5) is 5.69 Å². The molecule has 3 rings (SSSR count). The smallest absolute Gasteiger partial charge is 0.368 e. The van der Waals surface area contributed by atoms with Gasteiger partial charge in [-0.2, -0.15) is 9.50 Å². The van der Waals surface area contributed by atoms with Crippen molar-refractivity contribution in [1.82, 2.24) is 19.8 Å². The Morgan fingerprint density at radius 1 is 1.50 bits per heavy atom. The number of nitrogens with one attached hydrogen (secondary N) is 1. The van der Waals surface area contributed by atoms with E-state index in [0.717, 1.165) is 4.52 Å². The van der Waals surface area contributed by atoms with Gasteiger partial charge in [0.15, 0.2) is 5.69 Å². The van der Waals surface area contributed by atoms with Gasteiger partial charge in [-0.3, -0.25) is 10.1 Å². The van der Waals surface area contributed by atoms with Crippen LogP contribution >= 0.6 is 0 Å². The number of H-pyrrole nitrogens is 1. The molecule has 0 atom stereocenters. The van der Waals surface area contributed by atoms with Crippen molar-refractivity contribution in [3.63, 3.8) is 0 Å². The Morgan fingerprint density at radius 2 is 2.27 bits per heavy atom. The van der Waals surface area contributed by atoms with Crippen molar-refractivity contribution in [2.24, 2.45) is 0 Å². The lowest BCUT2D eigenvalue weighted by molar-refractivity contribution is -0.384. The van der Waals surface area contributed by atoms with Crippen LogP contribution in [-0.4, -0.2) is 37.3 Å². The van der Waals surface area contributed by atoms with Gasteiger partial charge < -0.3 is 4.74 Å². The zero-order valence-corrected chi connectivity index (χ0v) is 11.3. The highest BCUT2D eigenvalue weighted by atomic mass is 16.6. The summed E-state index contributed by atoms with van der Waals surface area (Å²) in [6.07, 6.45) is 0. The third-order valence-corrected chi connectivity index (χ3v) is 3.03.